The summed E-state index contributed by atoms with van der Waals surface area (Å²) in [6.45, 7) is -0.293. The highest BCUT2D eigenvalue weighted by Crippen LogP contribution is 2.30. The maximum atomic E-state index is 13.6. The number of hydrogen-bond acceptors (Lipinski definition) is 5. The summed E-state index contributed by atoms with van der Waals surface area (Å²) in [5.41, 5.74) is 1.63. The van der Waals surface area contributed by atoms with Gasteiger partial charge < -0.3 is 14.6 Å². The highest BCUT2D eigenvalue weighted by atomic mass is 35.5. The number of methoxy groups -OCH3 is 2. The number of rotatable bonds is 10. The highest BCUT2D eigenvalue weighted by molar-refractivity contribution is 7.89. The fraction of sp³-hybridized carbons (Fsp3) is 0.250. The number of halogens is 1. The molecule has 0 saturated heterocycles. The minimum atomic E-state index is -3.94. The lowest BCUT2D eigenvalue weighted by Gasteiger charge is -2.30. The molecule has 32 heavy (non-hydrogen) atoms. The van der Waals surface area contributed by atoms with Gasteiger partial charge in [-0.25, -0.2) is 8.42 Å². The second kappa shape index (κ2) is 10.8. The number of aliphatic hydroxyl groups excluding tert-OH is 1. The van der Waals surface area contributed by atoms with Crippen LogP contribution in [0.15, 0.2) is 77.7 Å². The topological polar surface area (TPSA) is 76.1 Å². The van der Waals surface area contributed by atoms with E-state index in [1.807, 2.05) is 30.3 Å². The van der Waals surface area contributed by atoms with Crippen molar-refractivity contribution in [3.05, 3.63) is 88.9 Å². The Bertz CT molecular complexity index is 1120. The Labute approximate surface area is 194 Å². The zero-order valence-electron chi connectivity index (χ0n) is 17.9. The molecule has 0 saturated carbocycles. The van der Waals surface area contributed by atoms with Crippen molar-refractivity contribution in [2.75, 3.05) is 20.8 Å². The summed E-state index contributed by atoms with van der Waals surface area (Å²) in [4.78, 5) is 0.105. The number of ether oxygens (including phenoxy) is 2. The third kappa shape index (κ3) is 5.61. The number of sulfonamides is 1. The van der Waals surface area contributed by atoms with Crippen LogP contribution in [0.5, 0.6) is 11.5 Å². The monoisotopic (exact) mass is 475 g/mol. The highest BCUT2D eigenvalue weighted by Gasteiger charge is 2.32. The quantitative estimate of drug-likeness (QED) is 0.476. The van der Waals surface area contributed by atoms with E-state index in [2.05, 4.69) is 0 Å². The second-order valence-electron chi connectivity index (χ2n) is 7.22. The first-order valence-electron chi connectivity index (χ1n) is 10.0. The van der Waals surface area contributed by atoms with E-state index in [1.165, 1.54) is 42.8 Å². The van der Waals surface area contributed by atoms with E-state index < -0.39 is 16.1 Å². The van der Waals surface area contributed by atoms with E-state index in [9.17, 15) is 13.5 Å². The Morgan fingerprint density at radius 1 is 0.906 bits per heavy atom. The lowest BCUT2D eigenvalue weighted by molar-refractivity contribution is 0.182. The van der Waals surface area contributed by atoms with Gasteiger partial charge >= 0.3 is 0 Å². The molecule has 0 bridgehead atoms. The maximum Gasteiger partial charge on any atom is 0.243 e. The molecule has 0 spiro atoms. The van der Waals surface area contributed by atoms with E-state index in [1.54, 1.807) is 18.2 Å². The molecule has 3 aromatic carbocycles. The number of hydrogen-bond donors (Lipinski definition) is 1. The first-order chi connectivity index (χ1) is 15.4. The summed E-state index contributed by atoms with van der Waals surface area (Å²) in [7, 11) is -0.878. The molecule has 3 aromatic rings. The van der Waals surface area contributed by atoms with Crippen LogP contribution >= 0.6 is 11.6 Å². The van der Waals surface area contributed by atoms with Gasteiger partial charge in [-0.05, 0) is 53.9 Å². The molecule has 0 unspecified atom stereocenters. The van der Waals surface area contributed by atoms with Crippen molar-refractivity contribution in [3.8, 4) is 11.5 Å². The zero-order chi connectivity index (χ0) is 23.1. The van der Waals surface area contributed by atoms with E-state index in [-0.39, 0.29) is 18.0 Å². The summed E-state index contributed by atoms with van der Waals surface area (Å²) >= 11 is 5.96. The molecule has 0 heterocycles. The fourth-order valence-electron chi connectivity index (χ4n) is 3.45. The average molecular weight is 476 g/mol. The third-order valence-electron chi connectivity index (χ3n) is 5.14. The van der Waals surface area contributed by atoms with Crippen LogP contribution in [-0.4, -0.2) is 44.7 Å². The summed E-state index contributed by atoms with van der Waals surface area (Å²) in [6.07, 6.45) is 0.359. The average Bonchev–Trinajstić information content (AvgIpc) is 2.82. The SMILES string of the molecule is COc1ccc(CN([C@@H](CO)Cc2ccccc2)S(=O)(=O)c2ccc(Cl)cc2)cc1OC. The second-order valence-corrected chi connectivity index (χ2v) is 9.55. The maximum absolute atomic E-state index is 13.6. The molecule has 0 aromatic heterocycles. The molecule has 0 aliphatic heterocycles. The Morgan fingerprint density at radius 3 is 2.16 bits per heavy atom. The van der Waals surface area contributed by atoms with Gasteiger partial charge in [-0.1, -0.05) is 48.0 Å². The summed E-state index contributed by atoms with van der Waals surface area (Å²) < 4.78 is 39.2. The van der Waals surface area contributed by atoms with Crippen LogP contribution in [0, 0.1) is 0 Å². The molecule has 0 amide bonds. The molecule has 1 N–H and O–H groups in total. The number of aliphatic hydroxyl groups is 1. The van der Waals surface area contributed by atoms with Crippen molar-refractivity contribution in [1.29, 1.82) is 0 Å². The number of nitrogens with zero attached hydrogens (tertiary/aromatic N) is 1. The van der Waals surface area contributed by atoms with Gasteiger partial charge in [0.2, 0.25) is 10.0 Å². The van der Waals surface area contributed by atoms with Crippen molar-refractivity contribution in [2.45, 2.75) is 23.9 Å². The molecule has 3 rings (SSSR count). The minimum absolute atomic E-state index is 0.0450. The van der Waals surface area contributed by atoms with Gasteiger partial charge in [-0.2, -0.15) is 4.31 Å². The Balaban J connectivity index is 2.02. The Morgan fingerprint density at radius 2 is 1.56 bits per heavy atom. The van der Waals surface area contributed by atoms with Crippen molar-refractivity contribution >= 4 is 21.6 Å². The predicted molar refractivity (Wildman–Crippen MR) is 125 cm³/mol. The zero-order valence-corrected chi connectivity index (χ0v) is 19.5. The first-order valence-corrected chi connectivity index (χ1v) is 11.8. The van der Waals surface area contributed by atoms with Crippen LogP contribution in [0.2, 0.25) is 5.02 Å². The third-order valence-corrected chi connectivity index (χ3v) is 7.30. The summed E-state index contributed by atoms with van der Waals surface area (Å²) in [5.74, 6) is 1.05. The Hall–Kier alpha value is -2.58. The van der Waals surface area contributed by atoms with E-state index in [0.29, 0.717) is 28.5 Å². The molecule has 1 atom stereocenters. The van der Waals surface area contributed by atoms with Crippen LogP contribution in [-0.2, 0) is 23.0 Å². The molecule has 0 aliphatic rings. The lowest BCUT2D eigenvalue weighted by Crippen LogP contribution is -2.43. The minimum Gasteiger partial charge on any atom is -0.493 e. The molecule has 8 heteroatoms. The molecule has 170 valence electrons. The van der Waals surface area contributed by atoms with E-state index in [4.69, 9.17) is 21.1 Å². The van der Waals surface area contributed by atoms with E-state index in [0.717, 1.165) is 5.56 Å². The van der Waals surface area contributed by atoms with Crippen LogP contribution in [0.25, 0.3) is 0 Å². The first kappa shape index (κ1) is 24.1. The van der Waals surface area contributed by atoms with Crippen molar-refractivity contribution in [2.24, 2.45) is 0 Å². The van der Waals surface area contributed by atoms with Crippen molar-refractivity contribution in [1.82, 2.24) is 4.31 Å². The molecule has 0 fully saturated rings. The normalized spacial score (nSPS) is 12.5. The molecular weight excluding hydrogens is 450 g/mol. The Kier molecular flexibility index (Phi) is 8.15. The van der Waals surface area contributed by atoms with Crippen molar-refractivity contribution < 1.29 is 23.0 Å². The molecular formula is C24H26ClNO5S. The molecule has 6 nitrogen and oxygen atoms in total. The van der Waals surface area contributed by atoms with Gasteiger partial charge in [-0.15, -0.1) is 0 Å². The van der Waals surface area contributed by atoms with Gasteiger partial charge in [0.15, 0.2) is 11.5 Å². The molecule has 0 radical (unpaired) electrons. The number of benzene rings is 3. The van der Waals surface area contributed by atoms with E-state index >= 15 is 0 Å². The van der Waals surface area contributed by atoms with Gasteiger partial charge in [0.05, 0.1) is 31.8 Å². The predicted octanol–water partition coefficient (Wildman–Crippen LogP) is 4.15. The molecule has 0 aliphatic carbocycles. The van der Waals surface area contributed by atoms with Gasteiger partial charge in [0, 0.05) is 11.6 Å². The van der Waals surface area contributed by atoms with Crippen LogP contribution in [0.3, 0.4) is 0 Å². The standard InChI is InChI=1S/C24H26ClNO5S/c1-30-23-13-8-19(15-24(23)31-2)16-26(21(17-27)14-18-6-4-3-5-7-18)32(28,29)22-11-9-20(25)10-12-22/h3-13,15,21,27H,14,16-17H2,1-2H3/t21-/m1/s1. The van der Waals surface area contributed by atoms with Crippen molar-refractivity contribution in [3.63, 3.8) is 0 Å². The summed E-state index contributed by atoms with van der Waals surface area (Å²) in [6, 6.07) is 20.1. The van der Waals surface area contributed by atoms with Gasteiger partial charge in [0.25, 0.3) is 0 Å². The van der Waals surface area contributed by atoms with Gasteiger partial charge in [0.1, 0.15) is 0 Å². The van der Waals surface area contributed by atoms with Crippen LogP contribution in [0.1, 0.15) is 11.1 Å². The summed E-state index contributed by atoms with van der Waals surface area (Å²) in [5, 5.41) is 10.6. The lowest BCUT2D eigenvalue weighted by atomic mass is 10.1. The van der Waals surface area contributed by atoms with Gasteiger partial charge in [-0.3, -0.25) is 0 Å². The fourth-order valence-corrected chi connectivity index (χ4v) is 5.18. The largest absolute Gasteiger partial charge is 0.493 e. The van der Waals surface area contributed by atoms with Crippen LogP contribution < -0.4 is 9.47 Å². The van der Waals surface area contributed by atoms with Crippen LogP contribution in [0.4, 0.5) is 0 Å². The smallest absolute Gasteiger partial charge is 0.243 e.